The van der Waals surface area contributed by atoms with Gasteiger partial charge in [-0.15, -0.1) is 0 Å². The second-order valence-electron chi connectivity index (χ2n) is 6.01. The minimum atomic E-state index is -5.50. The van der Waals surface area contributed by atoms with Gasteiger partial charge in [-0.1, -0.05) is 64.7 Å². The van der Waals surface area contributed by atoms with Crippen LogP contribution in [0.25, 0.3) is 0 Å². The molecule has 0 amide bonds. The molecule has 1 aliphatic rings. The van der Waals surface area contributed by atoms with Gasteiger partial charge in [0.05, 0.1) is 12.7 Å². The lowest BCUT2D eigenvalue weighted by Crippen LogP contribution is -2.27. The Morgan fingerprint density at radius 3 is 1.96 bits per heavy atom. The van der Waals surface area contributed by atoms with Crippen LogP contribution < -0.4 is 0 Å². The Morgan fingerprint density at radius 1 is 0.913 bits per heavy atom. The molecular weight excluding hydrogens is 333 g/mol. The zero-order valence-corrected chi connectivity index (χ0v) is 14.4. The molecular formula is C15H27F3O4S. The molecule has 8 heteroatoms. The molecule has 2 atom stereocenters. The SMILES string of the molecule is CCCCCCCCCCC[C@H]1O[C@H]1COS(=O)(=O)C(F)(F)F. The van der Waals surface area contributed by atoms with E-state index in [4.69, 9.17) is 4.74 Å². The molecule has 0 bridgehead atoms. The van der Waals surface area contributed by atoms with Crippen LogP contribution in [0, 0.1) is 0 Å². The summed E-state index contributed by atoms with van der Waals surface area (Å²) in [7, 11) is -5.50. The lowest BCUT2D eigenvalue weighted by Gasteiger charge is -2.06. The van der Waals surface area contributed by atoms with E-state index in [-0.39, 0.29) is 6.10 Å². The summed E-state index contributed by atoms with van der Waals surface area (Å²) in [5, 5.41) is 0. The van der Waals surface area contributed by atoms with Crippen molar-refractivity contribution in [3.05, 3.63) is 0 Å². The maximum Gasteiger partial charge on any atom is 0.523 e. The molecule has 0 unspecified atom stereocenters. The highest BCUT2D eigenvalue weighted by molar-refractivity contribution is 7.87. The third-order valence-corrected chi connectivity index (χ3v) is 4.96. The molecule has 0 saturated carbocycles. The highest BCUT2D eigenvalue weighted by Gasteiger charge is 2.49. The van der Waals surface area contributed by atoms with Crippen molar-refractivity contribution in [2.45, 2.75) is 88.8 Å². The smallest absolute Gasteiger partial charge is 0.367 e. The Balaban J connectivity index is 1.96. The lowest BCUT2D eigenvalue weighted by molar-refractivity contribution is -0.0544. The van der Waals surface area contributed by atoms with Crippen LogP contribution in [-0.2, 0) is 19.0 Å². The van der Waals surface area contributed by atoms with Crippen LogP contribution in [0.2, 0.25) is 0 Å². The normalized spacial score (nSPS) is 21.6. The molecule has 1 fully saturated rings. The van der Waals surface area contributed by atoms with E-state index in [0.717, 1.165) is 25.7 Å². The van der Waals surface area contributed by atoms with Crippen LogP contribution in [-0.4, -0.2) is 32.7 Å². The van der Waals surface area contributed by atoms with Crippen LogP contribution in [0.1, 0.15) is 71.1 Å². The maximum atomic E-state index is 12.1. The van der Waals surface area contributed by atoms with E-state index in [1.54, 1.807) is 0 Å². The van der Waals surface area contributed by atoms with Crippen LogP contribution in [0.5, 0.6) is 0 Å². The van der Waals surface area contributed by atoms with E-state index < -0.39 is 28.3 Å². The van der Waals surface area contributed by atoms with E-state index in [9.17, 15) is 21.6 Å². The quantitative estimate of drug-likeness (QED) is 0.209. The van der Waals surface area contributed by atoms with Gasteiger partial charge in [-0.05, 0) is 6.42 Å². The second-order valence-corrected chi connectivity index (χ2v) is 7.62. The third-order valence-electron chi connectivity index (χ3n) is 3.95. The standard InChI is InChI=1S/C15H27F3O4S/c1-2-3-4-5-6-7-8-9-10-11-13-14(22-13)12-21-23(19,20)15(16,17)18/h13-14H,2-12H2,1H3/t13-,14+/m1/s1. The molecule has 0 aliphatic carbocycles. The minimum absolute atomic E-state index is 0.164. The van der Waals surface area contributed by atoms with Crippen LogP contribution in [0.3, 0.4) is 0 Å². The molecule has 0 radical (unpaired) electrons. The summed E-state index contributed by atoms with van der Waals surface area (Å²) in [6.07, 6.45) is 10.8. The van der Waals surface area contributed by atoms with Crippen molar-refractivity contribution in [3.8, 4) is 0 Å². The van der Waals surface area contributed by atoms with Crippen LogP contribution in [0.4, 0.5) is 13.2 Å². The molecule has 0 N–H and O–H groups in total. The first-order valence-corrected chi connectivity index (χ1v) is 9.80. The number of halogens is 3. The van der Waals surface area contributed by atoms with E-state index in [1.165, 1.54) is 38.5 Å². The Morgan fingerprint density at radius 2 is 1.43 bits per heavy atom. The van der Waals surface area contributed by atoms with Gasteiger partial charge >= 0.3 is 15.6 Å². The first-order valence-electron chi connectivity index (χ1n) is 8.39. The topological polar surface area (TPSA) is 55.9 Å². The van der Waals surface area contributed by atoms with Crippen LogP contribution >= 0.6 is 0 Å². The van der Waals surface area contributed by atoms with Gasteiger partial charge in [0.2, 0.25) is 0 Å². The van der Waals surface area contributed by atoms with Crippen molar-refractivity contribution in [2.75, 3.05) is 6.61 Å². The van der Waals surface area contributed by atoms with Crippen molar-refractivity contribution < 1.29 is 30.5 Å². The summed E-state index contributed by atoms with van der Waals surface area (Å²) < 4.78 is 66.7. The molecule has 1 heterocycles. The monoisotopic (exact) mass is 360 g/mol. The molecule has 0 aromatic carbocycles. The molecule has 0 aromatic heterocycles. The number of ether oxygens (including phenoxy) is 1. The summed E-state index contributed by atoms with van der Waals surface area (Å²) in [5.41, 5.74) is -5.37. The number of epoxide rings is 1. The first-order chi connectivity index (χ1) is 10.8. The zero-order valence-electron chi connectivity index (χ0n) is 13.6. The lowest BCUT2D eigenvalue weighted by atomic mass is 10.1. The summed E-state index contributed by atoms with van der Waals surface area (Å²) in [6, 6.07) is 0. The Bertz CT molecular complexity index is 423. The van der Waals surface area contributed by atoms with E-state index in [2.05, 4.69) is 11.1 Å². The fraction of sp³-hybridized carbons (Fsp3) is 1.00. The van der Waals surface area contributed by atoms with E-state index in [0.29, 0.717) is 0 Å². The van der Waals surface area contributed by atoms with Gasteiger partial charge in [-0.3, -0.25) is 4.18 Å². The van der Waals surface area contributed by atoms with Crippen molar-refractivity contribution >= 4 is 10.1 Å². The first kappa shape index (κ1) is 20.7. The number of alkyl halides is 3. The molecule has 1 saturated heterocycles. The van der Waals surface area contributed by atoms with Crippen LogP contribution in [0.15, 0.2) is 0 Å². The van der Waals surface area contributed by atoms with Gasteiger partial charge < -0.3 is 4.74 Å². The van der Waals surface area contributed by atoms with Gasteiger partial charge in [0, 0.05) is 0 Å². The molecule has 1 rings (SSSR count). The highest BCUT2D eigenvalue weighted by atomic mass is 32.2. The average Bonchev–Trinajstić information content (AvgIpc) is 3.21. The average molecular weight is 360 g/mol. The van der Waals surface area contributed by atoms with Gasteiger partial charge in [0.15, 0.2) is 0 Å². The Labute approximate surface area is 136 Å². The predicted molar refractivity (Wildman–Crippen MR) is 81.4 cm³/mol. The van der Waals surface area contributed by atoms with Gasteiger partial charge in [0.25, 0.3) is 0 Å². The second kappa shape index (κ2) is 9.84. The largest absolute Gasteiger partial charge is 0.523 e. The zero-order chi connectivity index (χ0) is 17.3. The molecule has 138 valence electrons. The highest BCUT2D eigenvalue weighted by Crippen LogP contribution is 2.31. The number of unbranched alkanes of at least 4 members (excludes halogenated alkanes) is 8. The van der Waals surface area contributed by atoms with Crippen molar-refractivity contribution in [3.63, 3.8) is 0 Å². The summed E-state index contributed by atoms with van der Waals surface area (Å²) >= 11 is 0. The summed E-state index contributed by atoms with van der Waals surface area (Å²) in [6.45, 7) is 1.64. The molecule has 23 heavy (non-hydrogen) atoms. The van der Waals surface area contributed by atoms with E-state index >= 15 is 0 Å². The van der Waals surface area contributed by atoms with E-state index in [1.807, 2.05) is 0 Å². The minimum Gasteiger partial charge on any atom is -0.367 e. The number of hydrogen-bond donors (Lipinski definition) is 0. The number of rotatable bonds is 13. The Kier molecular flexibility index (Phi) is 8.85. The number of hydrogen-bond acceptors (Lipinski definition) is 4. The van der Waals surface area contributed by atoms with Crippen molar-refractivity contribution in [1.29, 1.82) is 0 Å². The molecule has 0 spiro atoms. The fourth-order valence-electron chi connectivity index (χ4n) is 2.46. The fourth-order valence-corrected chi connectivity index (χ4v) is 2.91. The molecule has 1 aliphatic heterocycles. The molecule has 4 nitrogen and oxygen atoms in total. The van der Waals surface area contributed by atoms with Gasteiger partial charge in [-0.25, -0.2) is 0 Å². The van der Waals surface area contributed by atoms with Gasteiger partial charge in [0.1, 0.15) is 6.10 Å². The Hall–Kier alpha value is -0.340. The van der Waals surface area contributed by atoms with Gasteiger partial charge in [-0.2, -0.15) is 21.6 Å². The predicted octanol–water partition coefficient (Wildman–Crippen LogP) is 4.54. The maximum absolute atomic E-state index is 12.1. The summed E-state index contributed by atoms with van der Waals surface area (Å²) in [4.78, 5) is 0. The van der Waals surface area contributed by atoms with Crippen molar-refractivity contribution in [2.24, 2.45) is 0 Å². The summed E-state index contributed by atoms with van der Waals surface area (Å²) in [5.74, 6) is 0. The molecule has 0 aromatic rings. The van der Waals surface area contributed by atoms with Crippen molar-refractivity contribution in [1.82, 2.24) is 0 Å². The third kappa shape index (κ3) is 8.35.